The molecule has 5 atom stereocenters. The smallest absolute Gasteiger partial charge is 0.251 e. The number of hydrogen-bond acceptors (Lipinski definition) is 3. The van der Waals surface area contributed by atoms with Crippen molar-refractivity contribution in [3.05, 3.63) is 102 Å². The van der Waals surface area contributed by atoms with Crippen molar-refractivity contribution in [1.29, 1.82) is 0 Å². The minimum atomic E-state index is -0.183. The SMILES string of the molecule is O=C(N[C@@H]1CCCC[C@@H]1C(=O)N1CCC[C@@H]2C1c1ccccc1N[C@@H]2c1ccccc1)c1ccccc1. The first-order valence-electron chi connectivity index (χ1n) is 13.8. The zero-order chi connectivity index (χ0) is 25.2. The van der Waals surface area contributed by atoms with E-state index in [1.54, 1.807) is 0 Å². The second-order valence-corrected chi connectivity index (χ2v) is 10.7. The molecule has 2 amide bonds. The number of piperidine rings is 1. The maximum absolute atomic E-state index is 14.3. The second-order valence-electron chi connectivity index (χ2n) is 10.7. The lowest BCUT2D eigenvalue weighted by Gasteiger charge is -2.50. The molecule has 0 bridgehead atoms. The summed E-state index contributed by atoms with van der Waals surface area (Å²) in [6.45, 7) is 0.770. The third kappa shape index (κ3) is 4.63. The highest BCUT2D eigenvalue weighted by atomic mass is 16.2. The van der Waals surface area contributed by atoms with Gasteiger partial charge in [0, 0.05) is 29.8 Å². The molecule has 1 saturated heterocycles. The van der Waals surface area contributed by atoms with Crippen molar-refractivity contribution in [3.63, 3.8) is 0 Å². The molecule has 5 heteroatoms. The predicted molar refractivity (Wildman–Crippen MR) is 146 cm³/mol. The Balaban J connectivity index is 1.30. The number of amides is 2. The molecule has 3 aromatic rings. The summed E-state index contributed by atoms with van der Waals surface area (Å²) in [5.74, 6) is 0.239. The number of likely N-dealkylation sites (tertiary alicyclic amines) is 1. The fraction of sp³-hybridized carbons (Fsp3) is 0.375. The number of fused-ring (bicyclic) bond motifs is 3. The Labute approximate surface area is 219 Å². The van der Waals surface area contributed by atoms with Crippen LogP contribution in [0.4, 0.5) is 5.69 Å². The third-order valence-electron chi connectivity index (χ3n) is 8.57. The molecule has 2 heterocycles. The number of carbonyl (C=O) groups excluding carboxylic acids is 2. The molecule has 0 radical (unpaired) electrons. The molecule has 190 valence electrons. The number of carbonyl (C=O) groups is 2. The number of hydrogen-bond donors (Lipinski definition) is 2. The second kappa shape index (κ2) is 10.4. The fourth-order valence-corrected chi connectivity index (χ4v) is 6.83. The molecule has 2 N–H and O–H groups in total. The lowest BCUT2D eigenvalue weighted by molar-refractivity contribution is -0.143. The summed E-state index contributed by atoms with van der Waals surface area (Å²) in [4.78, 5) is 29.5. The van der Waals surface area contributed by atoms with E-state index in [1.165, 1.54) is 11.1 Å². The molecular weight excluding hydrogens is 458 g/mol. The van der Waals surface area contributed by atoms with E-state index in [4.69, 9.17) is 0 Å². The van der Waals surface area contributed by atoms with E-state index in [-0.39, 0.29) is 35.9 Å². The van der Waals surface area contributed by atoms with Gasteiger partial charge in [-0.2, -0.15) is 0 Å². The molecule has 0 spiro atoms. The van der Waals surface area contributed by atoms with Gasteiger partial charge in [-0.25, -0.2) is 0 Å². The minimum absolute atomic E-state index is 0.0382. The van der Waals surface area contributed by atoms with Crippen LogP contribution in [-0.2, 0) is 4.79 Å². The van der Waals surface area contributed by atoms with Crippen LogP contribution in [0.15, 0.2) is 84.9 Å². The molecule has 1 saturated carbocycles. The molecule has 2 aliphatic heterocycles. The van der Waals surface area contributed by atoms with Crippen LogP contribution in [0.5, 0.6) is 0 Å². The van der Waals surface area contributed by atoms with Crippen molar-refractivity contribution in [2.45, 2.75) is 56.7 Å². The average Bonchev–Trinajstić information content (AvgIpc) is 2.97. The van der Waals surface area contributed by atoms with Gasteiger partial charge in [-0.15, -0.1) is 0 Å². The Hall–Kier alpha value is -3.60. The summed E-state index contributed by atoms with van der Waals surface area (Å²) in [6.07, 6.45) is 5.82. The zero-order valence-corrected chi connectivity index (χ0v) is 21.2. The fourth-order valence-electron chi connectivity index (χ4n) is 6.83. The van der Waals surface area contributed by atoms with Gasteiger partial charge in [0.2, 0.25) is 5.91 Å². The molecule has 1 unspecified atom stereocenters. The molecule has 1 aliphatic carbocycles. The van der Waals surface area contributed by atoms with Gasteiger partial charge in [0.05, 0.1) is 18.0 Å². The van der Waals surface area contributed by atoms with Crippen LogP contribution in [0.25, 0.3) is 0 Å². The topological polar surface area (TPSA) is 61.4 Å². The van der Waals surface area contributed by atoms with E-state index in [2.05, 4.69) is 70.1 Å². The third-order valence-corrected chi connectivity index (χ3v) is 8.57. The van der Waals surface area contributed by atoms with E-state index >= 15 is 0 Å². The van der Waals surface area contributed by atoms with Crippen LogP contribution in [0.1, 0.15) is 72.1 Å². The van der Waals surface area contributed by atoms with Crippen molar-refractivity contribution in [2.24, 2.45) is 11.8 Å². The van der Waals surface area contributed by atoms with Gasteiger partial charge >= 0.3 is 0 Å². The van der Waals surface area contributed by atoms with Gasteiger partial charge in [0.25, 0.3) is 5.91 Å². The van der Waals surface area contributed by atoms with Gasteiger partial charge < -0.3 is 15.5 Å². The number of benzene rings is 3. The Kier molecular flexibility index (Phi) is 6.69. The highest BCUT2D eigenvalue weighted by Crippen LogP contribution is 2.50. The van der Waals surface area contributed by atoms with Crippen molar-refractivity contribution >= 4 is 17.5 Å². The maximum Gasteiger partial charge on any atom is 0.251 e. The largest absolute Gasteiger partial charge is 0.378 e. The summed E-state index contributed by atoms with van der Waals surface area (Å²) in [5, 5.41) is 7.04. The average molecular weight is 494 g/mol. The van der Waals surface area contributed by atoms with Crippen LogP contribution >= 0.6 is 0 Å². The number of para-hydroxylation sites is 1. The Morgan fingerprint density at radius 1 is 0.784 bits per heavy atom. The van der Waals surface area contributed by atoms with Crippen molar-refractivity contribution in [3.8, 4) is 0 Å². The first kappa shape index (κ1) is 23.8. The number of nitrogens with one attached hydrogen (secondary N) is 2. The summed E-state index contributed by atoms with van der Waals surface area (Å²) < 4.78 is 0. The zero-order valence-electron chi connectivity index (χ0n) is 21.2. The molecule has 5 nitrogen and oxygen atoms in total. The highest BCUT2D eigenvalue weighted by molar-refractivity contribution is 5.94. The lowest BCUT2D eigenvalue weighted by atomic mass is 9.73. The monoisotopic (exact) mass is 493 g/mol. The highest BCUT2D eigenvalue weighted by Gasteiger charge is 2.46. The van der Waals surface area contributed by atoms with E-state index in [9.17, 15) is 9.59 Å². The molecule has 3 aliphatic rings. The van der Waals surface area contributed by atoms with Crippen LogP contribution < -0.4 is 10.6 Å². The summed E-state index contributed by atoms with van der Waals surface area (Å²) in [5.41, 5.74) is 4.26. The quantitative estimate of drug-likeness (QED) is 0.460. The molecule has 6 rings (SSSR count). The first-order chi connectivity index (χ1) is 18.2. The predicted octanol–water partition coefficient (Wildman–Crippen LogP) is 6.12. The number of nitrogens with zero attached hydrogens (tertiary/aromatic N) is 1. The Morgan fingerprint density at radius 2 is 1.49 bits per heavy atom. The minimum Gasteiger partial charge on any atom is -0.378 e. The van der Waals surface area contributed by atoms with E-state index in [0.717, 1.165) is 50.8 Å². The maximum atomic E-state index is 14.3. The van der Waals surface area contributed by atoms with Crippen LogP contribution in [-0.4, -0.2) is 29.3 Å². The van der Waals surface area contributed by atoms with Gasteiger partial charge in [-0.1, -0.05) is 79.6 Å². The van der Waals surface area contributed by atoms with E-state index < -0.39 is 0 Å². The van der Waals surface area contributed by atoms with Crippen LogP contribution in [0.2, 0.25) is 0 Å². The van der Waals surface area contributed by atoms with Crippen LogP contribution in [0.3, 0.4) is 0 Å². The van der Waals surface area contributed by atoms with Crippen molar-refractivity contribution in [1.82, 2.24) is 10.2 Å². The molecule has 0 aromatic heterocycles. The Bertz CT molecular complexity index is 1250. The van der Waals surface area contributed by atoms with Crippen molar-refractivity contribution in [2.75, 3.05) is 11.9 Å². The van der Waals surface area contributed by atoms with Crippen molar-refractivity contribution < 1.29 is 9.59 Å². The van der Waals surface area contributed by atoms with Gasteiger partial charge in [-0.05, 0) is 55.0 Å². The first-order valence-corrected chi connectivity index (χ1v) is 13.8. The van der Waals surface area contributed by atoms with Crippen LogP contribution in [0, 0.1) is 11.8 Å². The van der Waals surface area contributed by atoms with Gasteiger partial charge in [0.1, 0.15) is 0 Å². The normalized spacial score (nSPS) is 26.8. The van der Waals surface area contributed by atoms with Gasteiger partial charge in [-0.3, -0.25) is 9.59 Å². The molecule has 2 fully saturated rings. The number of anilines is 1. The van der Waals surface area contributed by atoms with Gasteiger partial charge in [0.15, 0.2) is 0 Å². The molecule has 37 heavy (non-hydrogen) atoms. The summed E-state index contributed by atoms with van der Waals surface area (Å²) >= 11 is 0. The molecular formula is C32H35N3O2. The van der Waals surface area contributed by atoms with E-state index in [1.807, 2.05) is 30.3 Å². The Morgan fingerprint density at radius 3 is 2.30 bits per heavy atom. The summed E-state index contributed by atoms with van der Waals surface area (Å²) in [7, 11) is 0. The van der Waals surface area contributed by atoms with E-state index in [0.29, 0.717) is 11.5 Å². The lowest BCUT2D eigenvalue weighted by Crippen LogP contribution is -2.54. The standard InChI is InChI=1S/C32H35N3O2/c36-31(23-14-5-2-6-15-23)34-28-20-10-8-17-25(28)32(37)35-21-11-18-26-29(22-12-3-1-4-13-22)33-27-19-9-7-16-24(27)30(26)35/h1-7,9,12-16,19,25-26,28-30,33H,8,10-11,17-18,20-21H2,(H,34,36)/t25-,26-,28+,29+,30?/m0/s1. The molecule has 3 aromatic carbocycles. The summed E-state index contributed by atoms with van der Waals surface area (Å²) in [6, 6.07) is 28.5. The number of rotatable bonds is 4.